The second-order valence-electron chi connectivity index (χ2n) is 3.43. The highest BCUT2D eigenvalue weighted by molar-refractivity contribution is 9.10. The van der Waals surface area contributed by atoms with Crippen molar-refractivity contribution < 1.29 is 8.42 Å². The zero-order valence-corrected chi connectivity index (χ0v) is 12.4. The summed E-state index contributed by atoms with van der Waals surface area (Å²) in [5, 5.41) is 4.34. The van der Waals surface area contributed by atoms with Gasteiger partial charge in [0.1, 0.15) is 0 Å². The third kappa shape index (κ3) is 3.81. The zero-order valence-electron chi connectivity index (χ0n) is 9.16. The van der Waals surface area contributed by atoms with Gasteiger partial charge in [-0.25, -0.2) is 13.1 Å². The second kappa shape index (κ2) is 6.11. The quantitative estimate of drug-likeness (QED) is 0.833. The molecule has 0 radical (unpaired) electrons. The van der Waals surface area contributed by atoms with E-state index in [1.807, 2.05) is 11.4 Å². The Balaban J connectivity index is 2.58. The minimum atomic E-state index is -3.24. The summed E-state index contributed by atoms with van der Waals surface area (Å²) in [6, 6.07) is 1.91. The maximum Gasteiger partial charge on any atom is 0.215 e. The standard InChI is InChI=1S/C9H15BrN2O2S2/c1-7(5-11-2)16(13,14)12-6-9-8(10)3-4-15-9/h3-4,7,11-12H,5-6H2,1-2H3. The SMILES string of the molecule is CNCC(C)S(=O)(=O)NCc1sccc1Br. The molecule has 92 valence electrons. The van der Waals surface area contributed by atoms with E-state index in [1.165, 1.54) is 11.3 Å². The molecule has 16 heavy (non-hydrogen) atoms. The van der Waals surface area contributed by atoms with E-state index in [-0.39, 0.29) is 0 Å². The highest BCUT2D eigenvalue weighted by Crippen LogP contribution is 2.22. The largest absolute Gasteiger partial charge is 0.318 e. The van der Waals surface area contributed by atoms with E-state index >= 15 is 0 Å². The molecule has 0 fully saturated rings. The molecular weight excluding hydrogens is 312 g/mol. The van der Waals surface area contributed by atoms with Crippen molar-refractivity contribution in [1.82, 2.24) is 10.0 Å². The second-order valence-corrected chi connectivity index (χ2v) is 7.46. The number of hydrogen-bond acceptors (Lipinski definition) is 4. The van der Waals surface area contributed by atoms with E-state index < -0.39 is 15.3 Å². The number of hydrogen-bond donors (Lipinski definition) is 2. The summed E-state index contributed by atoms with van der Waals surface area (Å²) >= 11 is 4.89. The Kier molecular flexibility index (Phi) is 5.39. The summed E-state index contributed by atoms with van der Waals surface area (Å²) < 4.78 is 27.1. The molecule has 0 aliphatic carbocycles. The van der Waals surface area contributed by atoms with Gasteiger partial charge in [-0.3, -0.25) is 0 Å². The van der Waals surface area contributed by atoms with Crippen LogP contribution in [-0.4, -0.2) is 27.3 Å². The van der Waals surface area contributed by atoms with Crippen molar-refractivity contribution in [2.24, 2.45) is 0 Å². The van der Waals surface area contributed by atoms with Gasteiger partial charge in [-0.05, 0) is 41.3 Å². The van der Waals surface area contributed by atoms with Crippen LogP contribution in [0.2, 0.25) is 0 Å². The Hall–Kier alpha value is 0.0500. The third-order valence-electron chi connectivity index (χ3n) is 2.15. The van der Waals surface area contributed by atoms with E-state index in [4.69, 9.17) is 0 Å². The summed E-state index contributed by atoms with van der Waals surface area (Å²) in [5.41, 5.74) is 0. The van der Waals surface area contributed by atoms with Gasteiger partial charge < -0.3 is 5.32 Å². The van der Waals surface area contributed by atoms with Gasteiger partial charge in [-0.15, -0.1) is 11.3 Å². The lowest BCUT2D eigenvalue weighted by molar-refractivity contribution is 0.563. The first kappa shape index (κ1) is 14.1. The molecule has 0 saturated heterocycles. The predicted octanol–water partition coefficient (Wildman–Crippen LogP) is 1.54. The van der Waals surface area contributed by atoms with Gasteiger partial charge in [0.2, 0.25) is 10.0 Å². The minimum absolute atomic E-state index is 0.342. The molecule has 1 aromatic rings. The molecule has 1 heterocycles. The molecule has 1 atom stereocenters. The molecule has 7 heteroatoms. The Morgan fingerprint density at radius 1 is 1.56 bits per heavy atom. The van der Waals surface area contributed by atoms with Gasteiger partial charge in [-0.1, -0.05) is 0 Å². The molecule has 0 bridgehead atoms. The fourth-order valence-corrected chi connectivity index (χ4v) is 3.70. The van der Waals surface area contributed by atoms with Crippen LogP contribution >= 0.6 is 27.3 Å². The number of rotatable bonds is 6. The molecule has 0 aliphatic rings. The smallest absolute Gasteiger partial charge is 0.215 e. The summed E-state index contributed by atoms with van der Waals surface area (Å²) in [7, 11) is -1.50. The molecule has 0 spiro atoms. The lowest BCUT2D eigenvalue weighted by Gasteiger charge is -2.12. The summed E-state index contributed by atoms with van der Waals surface area (Å²) in [4.78, 5) is 0.986. The average molecular weight is 327 g/mol. The van der Waals surface area contributed by atoms with Crippen LogP contribution in [0.15, 0.2) is 15.9 Å². The minimum Gasteiger partial charge on any atom is -0.318 e. The fraction of sp³-hybridized carbons (Fsp3) is 0.556. The maximum absolute atomic E-state index is 11.8. The van der Waals surface area contributed by atoms with E-state index in [2.05, 4.69) is 26.0 Å². The van der Waals surface area contributed by atoms with E-state index in [0.29, 0.717) is 13.1 Å². The van der Waals surface area contributed by atoms with Crippen molar-refractivity contribution in [3.8, 4) is 0 Å². The third-order valence-corrected chi connectivity index (χ3v) is 5.85. The summed E-state index contributed by atoms with van der Waals surface area (Å²) in [6.45, 7) is 2.47. The predicted molar refractivity (Wildman–Crippen MR) is 71.2 cm³/mol. The van der Waals surface area contributed by atoms with Crippen molar-refractivity contribution in [2.75, 3.05) is 13.6 Å². The van der Waals surface area contributed by atoms with Crippen molar-refractivity contribution in [3.05, 3.63) is 20.8 Å². The highest BCUT2D eigenvalue weighted by Gasteiger charge is 2.19. The van der Waals surface area contributed by atoms with Crippen LogP contribution in [-0.2, 0) is 16.6 Å². The average Bonchev–Trinajstić information content (AvgIpc) is 2.61. The molecule has 1 aromatic heterocycles. The molecule has 1 unspecified atom stereocenters. The van der Waals surface area contributed by atoms with Crippen LogP contribution in [0.5, 0.6) is 0 Å². The van der Waals surface area contributed by atoms with Crippen LogP contribution < -0.4 is 10.0 Å². The first-order chi connectivity index (χ1) is 7.47. The van der Waals surface area contributed by atoms with Crippen molar-refractivity contribution in [3.63, 3.8) is 0 Å². The summed E-state index contributed by atoms with van der Waals surface area (Å²) in [6.07, 6.45) is 0. The molecule has 0 saturated carbocycles. The Morgan fingerprint density at radius 2 is 2.25 bits per heavy atom. The topological polar surface area (TPSA) is 58.2 Å². The molecular formula is C9H15BrN2O2S2. The van der Waals surface area contributed by atoms with E-state index in [1.54, 1.807) is 14.0 Å². The van der Waals surface area contributed by atoms with Gasteiger partial charge in [0, 0.05) is 22.4 Å². The van der Waals surface area contributed by atoms with Gasteiger partial charge in [0.25, 0.3) is 0 Å². The van der Waals surface area contributed by atoms with Gasteiger partial charge >= 0.3 is 0 Å². The number of thiophene rings is 1. The zero-order chi connectivity index (χ0) is 12.2. The first-order valence-corrected chi connectivity index (χ1v) is 8.04. The van der Waals surface area contributed by atoms with Crippen LogP contribution in [0.25, 0.3) is 0 Å². The number of sulfonamides is 1. The van der Waals surface area contributed by atoms with Crippen LogP contribution in [0.1, 0.15) is 11.8 Å². The van der Waals surface area contributed by atoms with Gasteiger partial charge in [0.05, 0.1) is 5.25 Å². The Bertz CT molecular complexity index is 430. The number of halogens is 1. The normalized spacial score (nSPS) is 13.9. The molecule has 1 rings (SSSR count). The van der Waals surface area contributed by atoms with Crippen molar-refractivity contribution in [2.45, 2.75) is 18.7 Å². The van der Waals surface area contributed by atoms with Crippen molar-refractivity contribution in [1.29, 1.82) is 0 Å². The van der Waals surface area contributed by atoms with Gasteiger partial charge in [-0.2, -0.15) is 0 Å². The lowest BCUT2D eigenvalue weighted by Crippen LogP contribution is -2.37. The molecule has 4 nitrogen and oxygen atoms in total. The van der Waals surface area contributed by atoms with Gasteiger partial charge in [0.15, 0.2) is 0 Å². The molecule has 0 aliphatic heterocycles. The maximum atomic E-state index is 11.8. The molecule has 2 N–H and O–H groups in total. The Labute approximate surface area is 109 Å². The van der Waals surface area contributed by atoms with Crippen molar-refractivity contribution >= 4 is 37.3 Å². The number of nitrogens with one attached hydrogen (secondary N) is 2. The lowest BCUT2D eigenvalue weighted by atomic mass is 10.5. The van der Waals surface area contributed by atoms with Crippen LogP contribution in [0.4, 0.5) is 0 Å². The highest BCUT2D eigenvalue weighted by atomic mass is 79.9. The van der Waals surface area contributed by atoms with E-state index in [0.717, 1.165) is 9.35 Å². The molecule has 0 aromatic carbocycles. The van der Waals surface area contributed by atoms with Crippen LogP contribution in [0, 0.1) is 0 Å². The van der Waals surface area contributed by atoms with Crippen LogP contribution in [0.3, 0.4) is 0 Å². The monoisotopic (exact) mass is 326 g/mol. The first-order valence-electron chi connectivity index (χ1n) is 4.82. The summed E-state index contributed by atoms with van der Waals surface area (Å²) in [5.74, 6) is 0. The Morgan fingerprint density at radius 3 is 2.75 bits per heavy atom. The molecule has 0 amide bonds. The fourth-order valence-electron chi connectivity index (χ4n) is 1.16. The van der Waals surface area contributed by atoms with E-state index in [9.17, 15) is 8.42 Å².